The molecule has 36 heavy (non-hydrogen) atoms. The summed E-state index contributed by atoms with van der Waals surface area (Å²) in [5, 5.41) is 0. The third-order valence-corrected chi connectivity index (χ3v) is 13.3. The van der Waals surface area contributed by atoms with Gasteiger partial charge < -0.3 is 14.2 Å². The molecule has 2 heterocycles. The Kier molecular flexibility index (Phi) is 6.20. The Hall–Kier alpha value is -0.610. The van der Waals surface area contributed by atoms with Crippen LogP contribution in [0.2, 0.25) is 0 Å². The number of carbonyl (C=O) groups is 1. The molecule has 0 aromatic carbocycles. The van der Waals surface area contributed by atoms with Gasteiger partial charge in [-0.2, -0.15) is 0 Å². The van der Waals surface area contributed by atoms with E-state index < -0.39 is 0 Å². The van der Waals surface area contributed by atoms with Gasteiger partial charge in [-0.3, -0.25) is 4.79 Å². The van der Waals surface area contributed by atoms with Crippen LogP contribution in [0.15, 0.2) is 0 Å². The zero-order valence-electron chi connectivity index (χ0n) is 23.9. The normalized spacial score (nSPS) is 52.3. The summed E-state index contributed by atoms with van der Waals surface area (Å²) in [4.78, 5) is 12.8. The van der Waals surface area contributed by atoms with Crippen LogP contribution in [0.3, 0.4) is 0 Å². The van der Waals surface area contributed by atoms with Crippen LogP contribution < -0.4 is 0 Å². The van der Waals surface area contributed by atoms with Crippen LogP contribution in [0, 0.1) is 51.8 Å². The van der Waals surface area contributed by atoms with Crippen molar-refractivity contribution in [2.24, 2.45) is 51.8 Å². The van der Waals surface area contributed by atoms with Gasteiger partial charge in [0.25, 0.3) is 0 Å². The molecule has 4 heteroatoms. The Morgan fingerprint density at radius 3 is 2.47 bits per heavy atom. The summed E-state index contributed by atoms with van der Waals surface area (Å²) in [5.74, 6) is 4.06. The number of rotatable bonds is 3. The minimum absolute atomic E-state index is 0.00653. The second kappa shape index (κ2) is 8.70. The van der Waals surface area contributed by atoms with Gasteiger partial charge in [0, 0.05) is 12.3 Å². The molecule has 9 unspecified atom stereocenters. The summed E-state index contributed by atoms with van der Waals surface area (Å²) < 4.78 is 19.4. The van der Waals surface area contributed by atoms with E-state index in [0.717, 1.165) is 50.0 Å². The number of fused-ring (bicyclic) bond motifs is 7. The van der Waals surface area contributed by atoms with E-state index in [4.69, 9.17) is 14.2 Å². The quantitative estimate of drug-likeness (QED) is 0.376. The van der Waals surface area contributed by atoms with E-state index in [1.807, 2.05) is 13.8 Å². The largest absolute Gasteiger partial charge is 0.462 e. The smallest absolute Gasteiger partial charge is 0.311 e. The number of carbonyl (C=O) groups excluding carboxylic acids is 1. The van der Waals surface area contributed by atoms with Crippen LogP contribution in [0.1, 0.15) is 119 Å². The summed E-state index contributed by atoms with van der Waals surface area (Å²) in [6, 6.07) is 0. The van der Waals surface area contributed by atoms with Gasteiger partial charge in [-0.15, -0.1) is 0 Å². The highest BCUT2D eigenvalue weighted by molar-refractivity contribution is 5.76. The van der Waals surface area contributed by atoms with E-state index in [2.05, 4.69) is 27.7 Å². The van der Waals surface area contributed by atoms with Gasteiger partial charge >= 0.3 is 5.97 Å². The molecule has 4 saturated carbocycles. The summed E-state index contributed by atoms with van der Waals surface area (Å²) >= 11 is 0. The van der Waals surface area contributed by atoms with Crippen molar-refractivity contribution in [3.8, 4) is 0 Å². The van der Waals surface area contributed by atoms with Gasteiger partial charge in [-0.05, 0) is 125 Å². The lowest BCUT2D eigenvalue weighted by Gasteiger charge is -2.61. The molecule has 4 aliphatic carbocycles. The van der Waals surface area contributed by atoms with Crippen LogP contribution in [-0.2, 0) is 19.0 Å². The van der Waals surface area contributed by atoms with E-state index in [0.29, 0.717) is 34.7 Å². The van der Waals surface area contributed by atoms with Gasteiger partial charge in [0.05, 0.1) is 18.1 Å². The van der Waals surface area contributed by atoms with E-state index in [1.54, 1.807) is 0 Å². The second-order valence-corrected chi connectivity index (χ2v) is 15.1. The van der Waals surface area contributed by atoms with Crippen molar-refractivity contribution in [1.82, 2.24) is 0 Å². The maximum Gasteiger partial charge on any atom is 0.311 e. The van der Waals surface area contributed by atoms with Crippen LogP contribution in [0.25, 0.3) is 0 Å². The molecule has 0 aromatic rings. The molecule has 2 aliphatic heterocycles. The highest BCUT2D eigenvalue weighted by atomic mass is 16.7. The van der Waals surface area contributed by atoms with Crippen molar-refractivity contribution in [3.63, 3.8) is 0 Å². The summed E-state index contributed by atoms with van der Waals surface area (Å²) in [6.45, 7) is 14.7. The third-order valence-electron chi connectivity index (χ3n) is 13.3. The lowest BCUT2D eigenvalue weighted by atomic mass is 9.44. The van der Waals surface area contributed by atoms with E-state index in [-0.39, 0.29) is 23.3 Å². The van der Waals surface area contributed by atoms with Crippen LogP contribution in [0.5, 0.6) is 0 Å². The Bertz CT molecular complexity index is 860. The first-order chi connectivity index (χ1) is 17.0. The molecular weight excluding hydrogens is 448 g/mol. The van der Waals surface area contributed by atoms with Crippen molar-refractivity contribution in [3.05, 3.63) is 0 Å². The van der Waals surface area contributed by atoms with E-state index in [9.17, 15) is 4.79 Å². The summed E-state index contributed by atoms with van der Waals surface area (Å²) in [7, 11) is 0. The molecule has 6 fully saturated rings. The molecular formula is C32H52O4. The van der Waals surface area contributed by atoms with Crippen molar-refractivity contribution in [2.75, 3.05) is 6.61 Å². The Balaban J connectivity index is 1.16. The first kappa shape index (κ1) is 25.7. The molecule has 204 valence electrons. The number of hydrogen-bond donors (Lipinski definition) is 0. The molecule has 1 spiro atoms. The lowest BCUT2D eigenvalue weighted by molar-refractivity contribution is -0.265. The molecule has 0 aromatic heterocycles. The SMILES string of the molecule is CCC(C)(C)C(=O)O[C@@H]1CCC2(C)C(CCC3C2CCC2(C)C3CC3O[C@]4(CCCCO4)C(C)C32)C1. The third kappa shape index (κ3) is 3.62. The van der Waals surface area contributed by atoms with Gasteiger partial charge in [-0.25, -0.2) is 0 Å². The van der Waals surface area contributed by atoms with Crippen molar-refractivity contribution >= 4 is 5.97 Å². The zero-order chi connectivity index (χ0) is 25.5. The van der Waals surface area contributed by atoms with Gasteiger partial charge in [-0.1, -0.05) is 27.7 Å². The van der Waals surface area contributed by atoms with E-state index >= 15 is 0 Å². The zero-order valence-corrected chi connectivity index (χ0v) is 23.9. The fourth-order valence-electron chi connectivity index (χ4n) is 10.7. The van der Waals surface area contributed by atoms with Gasteiger partial charge in [0.1, 0.15) is 6.10 Å². The van der Waals surface area contributed by atoms with Gasteiger partial charge in [0.2, 0.25) is 0 Å². The molecule has 2 saturated heterocycles. The first-order valence-corrected chi connectivity index (χ1v) is 15.6. The standard InChI is InChI=1S/C32H52O4/c1-7-29(3,4)28(33)35-22-12-15-30(5)21(18-22)10-11-23-24(30)13-16-31(6)25(23)19-26-27(31)20(2)32(36-26)14-8-9-17-34-32/h20-27H,7-19H2,1-6H3/t20?,21?,22-,23?,24?,25?,26?,27?,30?,31?,32-/m1/s1. The summed E-state index contributed by atoms with van der Waals surface area (Å²) in [5.41, 5.74) is 0.440. The van der Waals surface area contributed by atoms with Crippen molar-refractivity contribution < 1.29 is 19.0 Å². The van der Waals surface area contributed by atoms with E-state index in [1.165, 1.54) is 51.4 Å². The topological polar surface area (TPSA) is 44.8 Å². The lowest BCUT2D eigenvalue weighted by Crippen LogP contribution is -2.55. The predicted octanol–water partition coefficient (Wildman–Crippen LogP) is 7.53. The predicted molar refractivity (Wildman–Crippen MR) is 141 cm³/mol. The molecule has 0 amide bonds. The molecule has 0 bridgehead atoms. The van der Waals surface area contributed by atoms with Crippen LogP contribution in [-0.4, -0.2) is 30.6 Å². The van der Waals surface area contributed by atoms with Gasteiger partial charge in [0.15, 0.2) is 5.79 Å². The molecule has 4 nitrogen and oxygen atoms in total. The minimum Gasteiger partial charge on any atom is -0.462 e. The fourth-order valence-corrected chi connectivity index (χ4v) is 10.7. The molecule has 11 atom stereocenters. The molecule has 6 aliphatic rings. The maximum absolute atomic E-state index is 12.8. The second-order valence-electron chi connectivity index (χ2n) is 15.1. The average molecular weight is 501 g/mol. The summed E-state index contributed by atoms with van der Waals surface area (Å²) in [6.07, 6.45) is 14.9. The fraction of sp³-hybridized carbons (Fsp3) is 0.969. The Morgan fingerprint density at radius 1 is 0.972 bits per heavy atom. The number of hydrogen-bond acceptors (Lipinski definition) is 4. The molecule has 0 N–H and O–H groups in total. The minimum atomic E-state index is -0.368. The van der Waals surface area contributed by atoms with Crippen molar-refractivity contribution in [1.29, 1.82) is 0 Å². The first-order valence-electron chi connectivity index (χ1n) is 15.6. The maximum atomic E-state index is 12.8. The van der Waals surface area contributed by atoms with Crippen LogP contribution in [0.4, 0.5) is 0 Å². The average Bonchev–Trinajstić information content (AvgIpc) is 3.29. The molecule has 0 radical (unpaired) electrons. The highest BCUT2D eigenvalue weighted by Gasteiger charge is 2.69. The van der Waals surface area contributed by atoms with Crippen molar-refractivity contribution in [2.45, 2.75) is 137 Å². The Morgan fingerprint density at radius 2 is 1.75 bits per heavy atom. The number of esters is 1. The van der Waals surface area contributed by atoms with Crippen LogP contribution >= 0.6 is 0 Å². The highest BCUT2D eigenvalue weighted by Crippen LogP contribution is 2.71. The molecule has 6 rings (SSSR count). The Labute approximate surface area is 220 Å². The monoisotopic (exact) mass is 500 g/mol. The number of ether oxygens (including phenoxy) is 3.